The van der Waals surface area contributed by atoms with Crippen molar-refractivity contribution in [3.05, 3.63) is 63.8 Å². The first-order valence-corrected chi connectivity index (χ1v) is 9.02. The molecule has 2 heterocycles. The van der Waals surface area contributed by atoms with Crippen LogP contribution in [-0.2, 0) is 15.3 Å². The van der Waals surface area contributed by atoms with E-state index in [2.05, 4.69) is 15.2 Å². The molecule has 0 aliphatic carbocycles. The number of nitro benzene ring substituents is 1. The van der Waals surface area contributed by atoms with Gasteiger partial charge in [-0.15, -0.1) is 10.2 Å². The average molecular weight is 376 g/mol. The molecule has 3 rings (SSSR count). The molecule has 2 atom stereocenters. The lowest BCUT2D eigenvalue weighted by Gasteiger charge is -2.08. The van der Waals surface area contributed by atoms with Crippen LogP contribution in [0, 0.1) is 10.1 Å². The third kappa shape index (κ3) is 4.10. The highest BCUT2D eigenvalue weighted by Crippen LogP contribution is 2.28. The normalized spacial score (nSPS) is 13.3. The summed E-state index contributed by atoms with van der Waals surface area (Å²) in [6.07, 6.45) is 1.12. The molecule has 8 nitrogen and oxygen atoms in total. The monoisotopic (exact) mass is 376 g/mol. The van der Waals surface area contributed by atoms with Gasteiger partial charge in [-0.05, 0) is 31.2 Å². The van der Waals surface area contributed by atoms with Gasteiger partial charge in [-0.25, -0.2) is 4.21 Å². The van der Waals surface area contributed by atoms with E-state index in [0.717, 1.165) is 0 Å². The van der Waals surface area contributed by atoms with Crippen LogP contribution < -0.4 is 0 Å². The van der Waals surface area contributed by atoms with E-state index in [1.54, 1.807) is 13.1 Å². The Labute approximate surface area is 149 Å². The fraction of sp³-hybridized carbons (Fsp3) is 0.133. The summed E-state index contributed by atoms with van der Waals surface area (Å²) in [5.41, 5.74) is 0.632. The Hall–Kier alpha value is -2.56. The maximum atomic E-state index is 12.2. The lowest BCUT2D eigenvalue weighted by molar-refractivity contribution is -0.384. The number of hydrogen-bond acceptors (Lipinski definition) is 8. The van der Waals surface area contributed by atoms with Crippen LogP contribution in [0.3, 0.4) is 0 Å². The number of hydrogen-bond donors (Lipinski definition) is 0. The topological polar surface area (TPSA) is 108 Å². The molecule has 0 aliphatic heterocycles. The van der Waals surface area contributed by atoms with Gasteiger partial charge >= 0.3 is 0 Å². The molecular weight excluding hydrogens is 364 g/mol. The highest BCUT2D eigenvalue weighted by molar-refractivity contribution is 7.80. The zero-order valence-corrected chi connectivity index (χ0v) is 14.6. The second-order valence-corrected chi connectivity index (χ2v) is 7.03. The molecule has 2 aromatic heterocycles. The predicted molar refractivity (Wildman–Crippen MR) is 92.1 cm³/mol. The van der Waals surface area contributed by atoms with E-state index < -0.39 is 22.1 Å². The van der Waals surface area contributed by atoms with Crippen LogP contribution in [0.25, 0.3) is 10.7 Å². The lowest BCUT2D eigenvalue weighted by atomic mass is 10.3. The summed E-state index contributed by atoms with van der Waals surface area (Å²) in [6.45, 7) is 1.71. The van der Waals surface area contributed by atoms with E-state index in [-0.39, 0.29) is 5.69 Å². The summed E-state index contributed by atoms with van der Waals surface area (Å²) in [5, 5.41) is 20.0. The van der Waals surface area contributed by atoms with Crippen molar-refractivity contribution in [2.24, 2.45) is 0 Å². The number of aromatic nitrogens is 3. The van der Waals surface area contributed by atoms with E-state index in [1.807, 2.05) is 18.2 Å². The summed E-state index contributed by atoms with van der Waals surface area (Å²) < 4.78 is 17.7. The molecule has 128 valence electrons. The van der Waals surface area contributed by atoms with Gasteiger partial charge in [0, 0.05) is 18.3 Å². The fourth-order valence-corrected chi connectivity index (χ4v) is 3.58. The fourth-order valence-electron chi connectivity index (χ4n) is 1.90. The first-order valence-electron chi connectivity index (χ1n) is 7.13. The zero-order chi connectivity index (χ0) is 17.8. The van der Waals surface area contributed by atoms with Gasteiger partial charge in [0.05, 0.1) is 9.82 Å². The summed E-state index contributed by atoms with van der Waals surface area (Å²) in [7, 11) is 0. The third-order valence-corrected chi connectivity index (χ3v) is 5.37. The van der Waals surface area contributed by atoms with Crippen LogP contribution in [0.5, 0.6) is 0 Å². The molecule has 10 heteroatoms. The van der Waals surface area contributed by atoms with E-state index in [9.17, 15) is 14.3 Å². The molecule has 25 heavy (non-hydrogen) atoms. The van der Waals surface area contributed by atoms with Crippen molar-refractivity contribution in [1.29, 1.82) is 0 Å². The van der Waals surface area contributed by atoms with Crippen molar-refractivity contribution in [2.45, 2.75) is 17.9 Å². The van der Waals surface area contributed by atoms with Crippen LogP contribution in [0.2, 0.25) is 0 Å². The smallest absolute Gasteiger partial charge is 0.269 e. The predicted octanol–water partition coefficient (Wildman–Crippen LogP) is 3.31. The van der Waals surface area contributed by atoms with Crippen LogP contribution >= 0.6 is 11.3 Å². The van der Waals surface area contributed by atoms with Crippen molar-refractivity contribution in [3.8, 4) is 10.7 Å². The number of pyridine rings is 1. The molecule has 0 fully saturated rings. The van der Waals surface area contributed by atoms with Crippen LogP contribution in [0.15, 0.2) is 53.6 Å². The molecule has 0 radical (unpaired) electrons. The highest BCUT2D eigenvalue weighted by Gasteiger charge is 2.18. The van der Waals surface area contributed by atoms with Gasteiger partial charge in [0.25, 0.3) is 5.69 Å². The Morgan fingerprint density at radius 1 is 1.20 bits per heavy atom. The quantitative estimate of drug-likeness (QED) is 0.479. The minimum atomic E-state index is -1.77. The first-order chi connectivity index (χ1) is 12.0. The Morgan fingerprint density at radius 3 is 2.60 bits per heavy atom. The molecule has 0 spiro atoms. The summed E-state index contributed by atoms with van der Waals surface area (Å²) in [5.74, 6) is 0. The minimum absolute atomic E-state index is 0.0714. The first kappa shape index (κ1) is 17.3. The van der Waals surface area contributed by atoms with Gasteiger partial charge < -0.3 is 0 Å². The molecule has 0 saturated heterocycles. The van der Waals surface area contributed by atoms with Gasteiger partial charge in [-0.2, -0.15) is 0 Å². The third-order valence-electron chi connectivity index (χ3n) is 3.14. The number of nitrogens with zero attached hydrogens (tertiary/aromatic N) is 4. The summed E-state index contributed by atoms with van der Waals surface area (Å²) in [6, 6.07) is 10.9. The van der Waals surface area contributed by atoms with Crippen LogP contribution in [-0.4, -0.2) is 24.3 Å². The number of rotatable bonds is 6. The largest absolute Gasteiger partial charge is 0.276 e. The van der Waals surface area contributed by atoms with Gasteiger partial charge in [0.1, 0.15) is 16.8 Å². The molecule has 0 N–H and O–H groups in total. The zero-order valence-electron chi connectivity index (χ0n) is 12.9. The molecule has 1 aromatic carbocycles. The Balaban J connectivity index is 1.69. The maximum Gasteiger partial charge on any atom is 0.269 e. The molecular formula is C15H12N4O4S2. The molecule has 0 aliphatic rings. The Morgan fingerprint density at radius 2 is 1.96 bits per heavy atom. The van der Waals surface area contributed by atoms with E-state index in [4.69, 9.17) is 4.18 Å². The van der Waals surface area contributed by atoms with Crippen LogP contribution in [0.1, 0.15) is 18.0 Å². The molecule has 2 unspecified atom stereocenters. The van der Waals surface area contributed by atoms with Crippen molar-refractivity contribution in [1.82, 2.24) is 15.2 Å². The van der Waals surface area contributed by atoms with E-state index in [0.29, 0.717) is 20.6 Å². The minimum Gasteiger partial charge on any atom is -0.276 e. The van der Waals surface area contributed by atoms with E-state index in [1.165, 1.54) is 35.6 Å². The lowest BCUT2D eigenvalue weighted by Crippen LogP contribution is -2.04. The number of non-ortho nitro benzene ring substituents is 1. The average Bonchev–Trinajstić information content (AvgIpc) is 3.13. The van der Waals surface area contributed by atoms with Gasteiger partial charge in [0.2, 0.25) is 0 Å². The van der Waals surface area contributed by atoms with Crippen LogP contribution in [0.4, 0.5) is 5.69 Å². The molecule has 3 aromatic rings. The SMILES string of the molecule is CC(OS(=O)c1ccc([N+](=O)[O-])cc1)c1nnc(-c2ccccn2)s1. The van der Waals surface area contributed by atoms with Gasteiger partial charge in [0.15, 0.2) is 16.1 Å². The summed E-state index contributed by atoms with van der Waals surface area (Å²) >= 11 is -0.466. The second-order valence-electron chi connectivity index (χ2n) is 4.88. The number of nitro groups is 1. The van der Waals surface area contributed by atoms with Gasteiger partial charge in [-0.1, -0.05) is 17.4 Å². The highest BCUT2D eigenvalue weighted by atomic mass is 32.2. The molecule has 0 saturated carbocycles. The summed E-state index contributed by atoms with van der Waals surface area (Å²) in [4.78, 5) is 14.7. The van der Waals surface area contributed by atoms with E-state index >= 15 is 0 Å². The van der Waals surface area contributed by atoms with Crippen molar-refractivity contribution < 1.29 is 13.3 Å². The van der Waals surface area contributed by atoms with Crippen molar-refractivity contribution in [3.63, 3.8) is 0 Å². The van der Waals surface area contributed by atoms with Crippen molar-refractivity contribution >= 4 is 28.1 Å². The standard InChI is InChI=1S/C15H12N4O4S2/c1-10(14-17-18-15(24-14)13-4-2-3-9-16-13)23-25(22)12-7-5-11(6-8-12)19(20)21/h2-10H,1H3. The Kier molecular flexibility index (Phi) is 5.22. The second kappa shape index (κ2) is 7.55. The Bertz CT molecular complexity index is 899. The van der Waals surface area contributed by atoms with Gasteiger partial charge in [-0.3, -0.25) is 19.3 Å². The van der Waals surface area contributed by atoms with Crippen molar-refractivity contribution in [2.75, 3.05) is 0 Å². The molecule has 0 bridgehead atoms. The molecule has 0 amide bonds. The maximum absolute atomic E-state index is 12.2. The number of benzene rings is 1.